The molecule has 1 heterocycles. The normalized spacial score (nSPS) is 11.0. The highest BCUT2D eigenvalue weighted by atomic mass is 32.2. The van der Waals surface area contributed by atoms with Crippen LogP contribution in [0.4, 0.5) is 5.69 Å². The number of hydrogen-bond acceptors (Lipinski definition) is 5. The fraction of sp³-hybridized carbons (Fsp3) is 0.444. The number of aromatic nitrogens is 2. The average Bonchev–Trinajstić information content (AvgIpc) is 2.73. The summed E-state index contributed by atoms with van der Waals surface area (Å²) in [6, 6.07) is 0. The molecule has 0 aliphatic heterocycles. The van der Waals surface area contributed by atoms with Crippen molar-refractivity contribution in [1.82, 2.24) is 15.1 Å². The van der Waals surface area contributed by atoms with Crippen molar-refractivity contribution in [3.05, 3.63) is 12.4 Å². The molecule has 0 saturated carbocycles. The lowest BCUT2D eigenvalue weighted by Crippen LogP contribution is -2.23. The van der Waals surface area contributed by atoms with Crippen LogP contribution in [-0.2, 0) is 26.2 Å². The average molecular weight is 290 g/mol. The van der Waals surface area contributed by atoms with E-state index in [4.69, 9.17) is 5.11 Å². The summed E-state index contributed by atoms with van der Waals surface area (Å²) in [4.78, 5) is 21.4. The lowest BCUT2D eigenvalue weighted by atomic mass is 10.5. The molecule has 1 aromatic heterocycles. The molecule has 0 saturated heterocycles. The van der Waals surface area contributed by atoms with E-state index in [0.29, 0.717) is 0 Å². The molecule has 0 spiro atoms. The maximum atomic E-state index is 11.5. The first-order chi connectivity index (χ1) is 8.82. The molecule has 19 heavy (non-hydrogen) atoms. The Morgan fingerprint density at radius 2 is 2.16 bits per heavy atom. The van der Waals surface area contributed by atoms with Gasteiger partial charge < -0.3 is 10.4 Å². The lowest BCUT2D eigenvalue weighted by molar-refractivity contribution is -0.136. The van der Waals surface area contributed by atoms with Crippen LogP contribution in [0.1, 0.15) is 6.42 Å². The van der Waals surface area contributed by atoms with Gasteiger partial charge in [0.1, 0.15) is 6.54 Å². The van der Waals surface area contributed by atoms with E-state index in [2.05, 4.69) is 15.1 Å². The van der Waals surface area contributed by atoms with Gasteiger partial charge in [-0.2, -0.15) is 5.10 Å². The number of amides is 1. The van der Waals surface area contributed by atoms with Gasteiger partial charge in [0, 0.05) is 13.2 Å². The zero-order valence-corrected chi connectivity index (χ0v) is 11.0. The summed E-state index contributed by atoms with van der Waals surface area (Å²) in [5.41, 5.74) is 0.175. The first-order valence-electron chi connectivity index (χ1n) is 5.28. The van der Waals surface area contributed by atoms with Crippen LogP contribution in [0, 0.1) is 0 Å². The molecule has 0 bridgehead atoms. The van der Waals surface area contributed by atoms with Gasteiger partial charge in [-0.05, 0) is 0 Å². The second-order valence-electron chi connectivity index (χ2n) is 3.66. The number of carboxylic acid groups (broad SMARTS) is 1. The quantitative estimate of drug-likeness (QED) is 0.581. The summed E-state index contributed by atoms with van der Waals surface area (Å²) in [5, 5.41) is 14.6. The Morgan fingerprint density at radius 1 is 1.47 bits per heavy atom. The SMILES string of the molecule is CNC(=O)Cn1cc(NS(=O)(=O)CCC(=O)O)cn1. The van der Waals surface area contributed by atoms with Crippen molar-refractivity contribution in [1.29, 1.82) is 0 Å². The zero-order valence-electron chi connectivity index (χ0n) is 10.2. The molecule has 3 N–H and O–H groups in total. The van der Waals surface area contributed by atoms with E-state index >= 15 is 0 Å². The van der Waals surface area contributed by atoms with Gasteiger partial charge in [0.2, 0.25) is 15.9 Å². The summed E-state index contributed by atoms with van der Waals surface area (Å²) in [7, 11) is -2.26. The van der Waals surface area contributed by atoms with E-state index in [1.807, 2.05) is 0 Å². The summed E-state index contributed by atoms with van der Waals surface area (Å²) < 4.78 is 26.4. The number of aliphatic carboxylic acids is 1. The van der Waals surface area contributed by atoms with Gasteiger partial charge in [-0.15, -0.1) is 0 Å². The third-order valence-electron chi connectivity index (χ3n) is 2.08. The highest BCUT2D eigenvalue weighted by Crippen LogP contribution is 2.08. The Labute approximate surface area is 109 Å². The summed E-state index contributed by atoms with van der Waals surface area (Å²) in [6.45, 7) is -0.0344. The molecule has 1 aromatic rings. The topological polar surface area (TPSA) is 130 Å². The number of nitrogens with one attached hydrogen (secondary N) is 2. The predicted molar refractivity (Wildman–Crippen MR) is 66.0 cm³/mol. The van der Waals surface area contributed by atoms with Gasteiger partial charge in [0.15, 0.2) is 0 Å². The minimum atomic E-state index is -3.74. The smallest absolute Gasteiger partial charge is 0.304 e. The number of carbonyl (C=O) groups is 2. The minimum absolute atomic E-state index is 0.0344. The van der Waals surface area contributed by atoms with Crippen LogP contribution in [0.2, 0.25) is 0 Å². The lowest BCUT2D eigenvalue weighted by Gasteiger charge is -2.03. The van der Waals surface area contributed by atoms with Gasteiger partial charge in [-0.3, -0.25) is 19.0 Å². The third-order valence-corrected chi connectivity index (χ3v) is 3.36. The number of carbonyl (C=O) groups excluding carboxylic acids is 1. The summed E-state index contributed by atoms with van der Waals surface area (Å²) >= 11 is 0. The van der Waals surface area contributed by atoms with Crippen molar-refractivity contribution in [2.45, 2.75) is 13.0 Å². The van der Waals surface area contributed by atoms with E-state index in [0.717, 1.165) is 0 Å². The molecule has 1 rings (SSSR count). The van der Waals surface area contributed by atoms with Crippen molar-refractivity contribution in [2.24, 2.45) is 0 Å². The first-order valence-corrected chi connectivity index (χ1v) is 6.93. The van der Waals surface area contributed by atoms with Crippen LogP contribution in [0.25, 0.3) is 0 Å². The van der Waals surface area contributed by atoms with Gasteiger partial charge in [0.05, 0.1) is 24.1 Å². The van der Waals surface area contributed by atoms with E-state index in [1.165, 1.54) is 24.1 Å². The number of nitrogens with zero attached hydrogens (tertiary/aromatic N) is 2. The highest BCUT2D eigenvalue weighted by molar-refractivity contribution is 7.92. The van der Waals surface area contributed by atoms with Crippen molar-refractivity contribution in [2.75, 3.05) is 17.5 Å². The van der Waals surface area contributed by atoms with Gasteiger partial charge in [-0.1, -0.05) is 0 Å². The Morgan fingerprint density at radius 3 is 2.74 bits per heavy atom. The molecule has 0 fully saturated rings. The number of rotatable bonds is 7. The molecule has 0 aromatic carbocycles. The van der Waals surface area contributed by atoms with Crippen LogP contribution in [0.5, 0.6) is 0 Å². The Hall–Kier alpha value is -2.10. The van der Waals surface area contributed by atoms with Crippen LogP contribution >= 0.6 is 0 Å². The molecule has 106 valence electrons. The Bertz CT molecular complexity index is 565. The largest absolute Gasteiger partial charge is 0.481 e. The second-order valence-corrected chi connectivity index (χ2v) is 5.51. The van der Waals surface area contributed by atoms with E-state index in [9.17, 15) is 18.0 Å². The number of likely N-dealkylation sites (N-methyl/N-ethyl adjacent to an activating group) is 1. The summed E-state index contributed by atoms with van der Waals surface area (Å²) in [6.07, 6.45) is 2.09. The molecule has 10 heteroatoms. The molecule has 0 aliphatic rings. The van der Waals surface area contributed by atoms with E-state index in [-0.39, 0.29) is 18.1 Å². The third kappa shape index (κ3) is 5.38. The molecular formula is C9H14N4O5S. The Balaban J connectivity index is 2.62. The molecule has 0 atom stereocenters. The van der Waals surface area contributed by atoms with E-state index < -0.39 is 28.2 Å². The molecular weight excluding hydrogens is 276 g/mol. The monoisotopic (exact) mass is 290 g/mol. The van der Waals surface area contributed by atoms with Gasteiger partial charge in [-0.25, -0.2) is 8.42 Å². The second kappa shape index (κ2) is 6.18. The molecule has 0 radical (unpaired) electrons. The van der Waals surface area contributed by atoms with Crippen molar-refractivity contribution in [3.8, 4) is 0 Å². The molecule has 9 nitrogen and oxygen atoms in total. The standard InChI is InChI=1S/C9H14N4O5S/c1-10-8(14)6-13-5-7(4-11-13)12-19(17,18)3-2-9(15)16/h4-5,12H,2-3,6H2,1H3,(H,10,14)(H,15,16). The number of sulfonamides is 1. The molecule has 0 unspecified atom stereocenters. The van der Waals surface area contributed by atoms with Crippen molar-refractivity contribution >= 4 is 27.6 Å². The fourth-order valence-electron chi connectivity index (χ4n) is 1.18. The zero-order chi connectivity index (χ0) is 14.5. The van der Waals surface area contributed by atoms with Crippen LogP contribution < -0.4 is 10.0 Å². The first kappa shape index (κ1) is 15.0. The molecule has 0 aliphatic carbocycles. The van der Waals surface area contributed by atoms with Crippen LogP contribution in [0.15, 0.2) is 12.4 Å². The van der Waals surface area contributed by atoms with Crippen molar-refractivity contribution < 1.29 is 23.1 Å². The van der Waals surface area contributed by atoms with Gasteiger partial charge in [0.25, 0.3) is 0 Å². The highest BCUT2D eigenvalue weighted by Gasteiger charge is 2.14. The maximum absolute atomic E-state index is 11.5. The molecule has 1 amide bonds. The predicted octanol–water partition coefficient (Wildman–Crippen LogP) is -1.15. The number of anilines is 1. The van der Waals surface area contributed by atoms with E-state index in [1.54, 1.807) is 0 Å². The Kier molecular flexibility index (Phi) is 4.87. The maximum Gasteiger partial charge on any atom is 0.304 e. The minimum Gasteiger partial charge on any atom is -0.481 e. The van der Waals surface area contributed by atoms with Gasteiger partial charge >= 0.3 is 5.97 Å². The fourth-order valence-corrected chi connectivity index (χ4v) is 2.19. The van der Waals surface area contributed by atoms with Crippen LogP contribution in [-0.4, -0.2) is 48.0 Å². The van der Waals surface area contributed by atoms with Crippen LogP contribution in [0.3, 0.4) is 0 Å². The summed E-state index contributed by atoms with van der Waals surface area (Å²) in [5.74, 6) is -1.99. The number of hydrogen-bond donors (Lipinski definition) is 3. The number of carboxylic acids is 1. The van der Waals surface area contributed by atoms with Crippen molar-refractivity contribution in [3.63, 3.8) is 0 Å².